The zero-order chi connectivity index (χ0) is 9.54. The molecular weight excluding hydrogens is 172 g/mol. The second kappa shape index (κ2) is 2.91. The summed E-state index contributed by atoms with van der Waals surface area (Å²) in [6.07, 6.45) is 5.41. The maximum atomic E-state index is 5.78. The molecule has 0 spiro atoms. The molecule has 2 atom stereocenters. The summed E-state index contributed by atoms with van der Waals surface area (Å²) in [6, 6.07) is 6.99. The van der Waals surface area contributed by atoms with Crippen molar-refractivity contribution >= 4 is 11.4 Å². The number of nitrogens with one attached hydrogen (secondary N) is 1. The van der Waals surface area contributed by atoms with Gasteiger partial charge >= 0.3 is 0 Å². The first-order valence-corrected chi connectivity index (χ1v) is 5.50. The number of rotatable bonds is 0. The van der Waals surface area contributed by atoms with Gasteiger partial charge < -0.3 is 11.1 Å². The average Bonchev–Trinajstić information content (AvgIpc) is 2.54. The van der Waals surface area contributed by atoms with Crippen LogP contribution in [0.25, 0.3) is 0 Å². The Kier molecular flexibility index (Phi) is 1.69. The van der Waals surface area contributed by atoms with Crippen LogP contribution in [-0.2, 0) is 0 Å². The number of benzene rings is 1. The molecular formula is C12H16N2. The van der Waals surface area contributed by atoms with Gasteiger partial charge in [0.15, 0.2) is 0 Å². The first kappa shape index (κ1) is 8.16. The van der Waals surface area contributed by atoms with Gasteiger partial charge in [0.1, 0.15) is 0 Å². The number of fused-ring (bicyclic) bond motifs is 3. The predicted molar refractivity (Wildman–Crippen MR) is 59.5 cm³/mol. The lowest BCUT2D eigenvalue weighted by Gasteiger charge is -2.25. The smallest absolute Gasteiger partial charge is 0.0399 e. The third-order valence-corrected chi connectivity index (χ3v) is 3.58. The number of hydrogen-bond acceptors (Lipinski definition) is 2. The molecule has 3 rings (SSSR count). The van der Waals surface area contributed by atoms with E-state index in [2.05, 4.69) is 17.4 Å². The second-order valence-electron chi connectivity index (χ2n) is 4.49. The van der Waals surface area contributed by atoms with E-state index in [1.807, 2.05) is 6.07 Å². The molecule has 1 aliphatic heterocycles. The van der Waals surface area contributed by atoms with Gasteiger partial charge in [0.2, 0.25) is 0 Å². The second-order valence-corrected chi connectivity index (χ2v) is 4.49. The van der Waals surface area contributed by atoms with Crippen molar-refractivity contribution < 1.29 is 0 Å². The van der Waals surface area contributed by atoms with Gasteiger partial charge in [-0.1, -0.05) is 18.9 Å². The fourth-order valence-corrected chi connectivity index (χ4v) is 2.90. The summed E-state index contributed by atoms with van der Waals surface area (Å²) in [4.78, 5) is 0. The van der Waals surface area contributed by atoms with Crippen LogP contribution < -0.4 is 11.1 Å². The maximum Gasteiger partial charge on any atom is 0.0399 e. The molecule has 14 heavy (non-hydrogen) atoms. The number of hydrogen-bond donors (Lipinski definition) is 2. The average molecular weight is 188 g/mol. The summed E-state index contributed by atoms with van der Waals surface area (Å²) >= 11 is 0. The van der Waals surface area contributed by atoms with Crippen LogP contribution in [-0.4, -0.2) is 6.04 Å². The van der Waals surface area contributed by atoms with Crippen LogP contribution in [0.4, 0.5) is 11.4 Å². The molecule has 3 N–H and O–H groups in total. The van der Waals surface area contributed by atoms with E-state index in [4.69, 9.17) is 5.73 Å². The maximum absolute atomic E-state index is 5.78. The summed E-state index contributed by atoms with van der Waals surface area (Å²) in [7, 11) is 0. The standard InChI is InChI=1S/C12H16N2/c13-8-5-6-10-9-3-1-2-4-11(9)14-12(10)7-8/h5-7,9,11,14H,1-4,13H2/t9-,11+/m1/s1. The van der Waals surface area contributed by atoms with Gasteiger partial charge in [-0.3, -0.25) is 0 Å². The van der Waals surface area contributed by atoms with E-state index >= 15 is 0 Å². The van der Waals surface area contributed by atoms with Crippen LogP contribution in [0.2, 0.25) is 0 Å². The lowest BCUT2D eigenvalue weighted by atomic mass is 9.83. The van der Waals surface area contributed by atoms with Crippen molar-refractivity contribution in [2.45, 2.75) is 37.6 Å². The minimum absolute atomic E-state index is 0.681. The Morgan fingerprint density at radius 3 is 3.00 bits per heavy atom. The van der Waals surface area contributed by atoms with Crippen molar-refractivity contribution in [1.82, 2.24) is 0 Å². The fraction of sp³-hybridized carbons (Fsp3) is 0.500. The van der Waals surface area contributed by atoms with Crippen LogP contribution in [0.5, 0.6) is 0 Å². The molecule has 0 unspecified atom stereocenters. The first-order chi connectivity index (χ1) is 6.84. The largest absolute Gasteiger partial charge is 0.399 e. The van der Waals surface area contributed by atoms with Crippen molar-refractivity contribution in [2.24, 2.45) is 0 Å². The quantitative estimate of drug-likeness (QED) is 0.614. The lowest BCUT2D eigenvalue weighted by Crippen LogP contribution is -2.23. The molecule has 1 fully saturated rings. The molecule has 2 aliphatic rings. The monoisotopic (exact) mass is 188 g/mol. The van der Waals surface area contributed by atoms with E-state index < -0.39 is 0 Å². The van der Waals surface area contributed by atoms with Gasteiger partial charge in [-0.25, -0.2) is 0 Å². The van der Waals surface area contributed by atoms with Crippen LogP contribution in [0, 0.1) is 0 Å². The molecule has 0 saturated heterocycles. The topological polar surface area (TPSA) is 38.0 Å². The van der Waals surface area contributed by atoms with Crippen molar-refractivity contribution in [3.63, 3.8) is 0 Å². The van der Waals surface area contributed by atoms with E-state index in [1.54, 1.807) is 0 Å². The highest BCUT2D eigenvalue weighted by atomic mass is 15.0. The van der Waals surface area contributed by atoms with Gasteiger partial charge in [-0.05, 0) is 30.5 Å². The summed E-state index contributed by atoms with van der Waals surface area (Å²) in [5.74, 6) is 0.749. The van der Waals surface area contributed by atoms with Crippen molar-refractivity contribution in [2.75, 3.05) is 11.1 Å². The van der Waals surface area contributed by atoms with Gasteiger partial charge in [-0.2, -0.15) is 0 Å². The number of nitrogen functional groups attached to an aromatic ring is 1. The molecule has 1 aromatic rings. The molecule has 1 aromatic carbocycles. The summed E-state index contributed by atoms with van der Waals surface area (Å²) < 4.78 is 0. The molecule has 2 nitrogen and oxygen atoms in total. The number of nitrogens with two attached hydrogens (primary N) is 1. The lowest BCUT2D eigenvalue weighted by molar-refractivity contribution is 0.422. The molecule has 1 saturated carbocycles. The molecule has 0 aromatic heterocycles. The van der Waals surface area contributed by atoms with E-state index in [9.17, 15) is 0 Å². The molecule has 0 bridgehead atoms. The van der Waals surface area contributed by atoms with Crippen molar-refractivity contribution in [3.05, 3.63) is 23.8 Å². The molecule has 74 valence electrons. The van der Waals surface area contributed by atoms with Crippen molar-refractivity contribution in [3.8, 4) is 0 Å². The normalized spacial score (nSPS) is 29.1. The molecule has 1 aliphatic carbocycles. The van der Waals surface area contributed by atoms with E-state index in [-0.39, 0.29) is 0 Å². The first-order valence-electron chi connectivity index (χ1n) is 5.50. The zero-order valence-electron chi connectivity index (χ0n) is 8.29. The van der Waals surface area contributed by atoms with E-state index in [1.165, 1.54) is 36.9 Å². The zero-order valence-corrected chi connectivity index (χ0v) is 8.29. The van der Waals surface area contributed by atoms with Gasteiger partial charge in [0.25, 0.3) is 0 Å². The highest BCUT2D eigenvalue weighted by molar-refractivity contribution is 5.65. The Morgan fingerprint density at radius 2 is 2.07 bits per heavy atom. The highest BCUT2D eigenvalue weighted by Gasteiger charge is 2.33. The van der Waals surface area contributed by atoms with Crippen LogP contribution in [0.15, 0.2) is 18.2 Å². The summed E-state index contributed by atoms with van der Waals surface area (Å²) in [5, 5.41) is 3.60. The Bertz CT molecular complexity index is 359. The molecule has 2 heteroatoms. The third kappa shape index (κ3) is 1.10. The van der Waals surface area contributed by atoms with E-state index in [0.717, 1.165) is 11.6 Å². The van der Waals surface area contributed by atoms with Crippen LogP contribution >= 0.6 is 0 Å². The Labute approximate surface area is 84.5 Å². The predicted octanol–water partition coefficient (Wildman–Crippen LogP) is 2.72. The number of anilines is 2. The van der Waals surface area contributed by atoms with Gasteiger partial charge in [0, 0.05) is 23.3 Å². The van der Waals surface area contributed by atoms with Crippen LogP contribution in [0.1, 0.15) is 37.2 Å². The minimum atomic E-state index is 0.681. The fourth-order valence-electron chi connectivity index (χ4n) is 2.90. The molecule has 1 heterocycles. The van der Waals surface area contributed by atoms with E-state index in [0.29, 0.717) is 6.04 Å². The minimum Gasteiger partial charge on any atom is -0.399 e. The molecule has 0 amide bonds. The Hall–Kier alpha value is -1.18. The van der Waals surface area contributed by atoms with Gasteiger partial charge in [0.05, 0.1) is 0 Å². The Morgan fingerprint density at radius 1 is 1.21 bits per heavy atom. The molecule has 0 radical (unpaired) electrons. The third-order valence-electron chi connectivity index (χ3n) is 3.58. The van der Waals surface area contributed by atoms with Crippen LogP contribution in [0.3, 0.4) is 0 Å². The Balaban J connectivity index is 2.01. The summed E-state index contributed by atoms with van der Waals surface area (Å²) in [5.41, 5.74) is 9.42. The highest BCUT2D eigenvalue weighted by Crippen LogP contribution is 2.44. The summed E-state index contributed by atoms with van der Waals surface area (Å²) in [6.45, 7) is 0. The van der Waals surface area contributed by atoms with Crippen molar-refractivity contribution in [1.29, 1.82) is 0 Å². The SMILES string of the molecule is Nc1ccc2c(c1)N[C@H]1CCCC[C@H]21. The van der Waals surface area contributed by atoms with Gasteiger partial charge in [-0.15, -0.1) is 0 Å².